The minimum absolute atomic E-state index is 0.599. The lowest BCUT2D eigenvalue weighted by Crippen LogP contribution is -1.95. The van der Waals surface area contributed by atoms with Gasteiger partial charge in [-0.3, -0.25) is 0 Å². The molecule has 2 rings (SSSR count). The summed E-state index contributed by atoms with van der Waals surface area (Å²) in [6.07, 6.45) is 8.00. The zero-order chi connectivity index (χ0) is 9.10. The van der Waals surface area contributed by atoms with Gasteiger partial charge in [0.05, 0.1) is 0 Å². The van der Waals surface area contributed by atoms with Crippen molar-refractivity contribution in [2.24, 2.45) is 5.92 Å². The van der Waals surface area contributed by atoms with Crippen LogP contribution in [-0.4, -0.2) is 10.2 Å². The van der Waals surface area contributed by atoms with Crippen LogP contribution in [0, 0.1) is 5.92 Å². The Labute approximate surface area is 82.4 Å². The van der Waals surface area contributed by atoms with Gasteiger partial charge in [0, 0.05) is 6.42 Å². The minimum atomic E-state index is 0.599. The molecule has 1 saturated carbocycles. The number of nitrogen functional groups attached to an aromatic ring is 1. The standard InChI is InChI=1S/C9H15N3S/c10-9-12-11-8(13-9)6-5-7-3-1-2-4-7/h7H,1-6H2,(H2,10,12). The maximum atomic E-state index is 5.51. The molecule has 0 bridgehead atoms. The molecular formula is C9H15N3S. The lowest BCUT2D eigenvalue weighted by Gasteiger charge is -2.05. The Morgan fingerprint density at radius 3 is 2.69 bits per heavy atom. The molecule has 1 heterocycles. The Morgan fingerprint density at radius 2 is 2.08 bits per heavy atom. The Balaban J connectivity index is 1.78. The SMILES string of the molecule is Nc1nnc(CCC2CCCC2)s1. The average molecular weight is 197 g/mol. The van der Waals surface area contributed by atoms with Crippen LogP contribution in [0.15, 0.2) is 0 Å². The average Bonchev–Trinajstić information content (AvgIpc) is 2.71. The molecule has 0 aliphatic heterocycles. The number of aryl methyl sites for hydroxylation is 1. The number of hydrogen-bond donors (Lipinski definition) is 1. The van der Waals surface area contributed by atoms with Gasteiger partial charge in [-0.1, -0.05) is 37.0 Å². The predicted octanol–water partition coefficient (Wildman–Crippen LogP) is 2.24. The second-order valence-electron chi connectivity index (χ2n) is 3.72. The van der Waals surface area contributed by atoms with Crippen LogP contribution in [0.3, 0.4) is 0 Å². The van der Waals surface area contributed by atoms with E-state index in [1.54, 1.807) is 0 Å². The summed E-state index contributed by atoms with van der Waals surface area (Å²) in [6, 6.07) is 0. The van der Waals surface area contributed by atoms with Crippen molar-refractivity contribution in [1.82, 2.24) is 10.2 Å². The fourth-order valence-corrected chi connectivity index (χ4v) is 2.62. The normalized spacial score (nSPS) is 18.2. The first-order valence-electron chi connectivity index (χ1n) is 4.92. The molecule has 0 spiro atoms. The molecule has 1 fully saturated rings. The summed E-state index contributed by atoms with van der Waals surface area (Å²) >= 11 is 1.53. The summed E-state index contributed by atoms with van der Waals surface area (Å²) in [4.78, 5) is 0. The van der Waals surface area contributed by atoms with Gasteiger partial charge in [0.25, 0.3) is 0 Å². The number of aromatic nitrogens is 2. The van der Waals surface area contributed by atoms with Gasteiger partial charge in [0.1, 0.15) is 5.01 Å². The van der Waals surface area contributed by atoms with Crippen LogP contribution < -0.4 is 5.73 Å². The van der Waals surface area contributed by atoms with Gasteiger partial charge in [0.2, 0.25) is 5.13 Å². The fraction of sp³-hybridized carbons (Fsp3) is 0.778. The third-order valence-electron chi connectivity index (χ3n) is 2.72. The molecule has 1 aliphatic carbocycles. The molecule has 72 valence electrons. The fourth-order valence-electron chi connectivity index (χ4n) is 1.99. The zero-order valence-corrected chi connectivity index (χ0v) is 8.52. The highest BCUT2D eigenvalue weighted by Crippen LogP contribution is 2.29. The van der Waals surface area contributed by atoms with Crippen molar-refractivity contribution >= 4 is 16.5 Å². The van der Waals surface area contributed by atoms with Crippen LogP contribution >= 0.6 is 11.3 Å². The zero-order valence-electron chi connectivity index (χ0n) is 7.70. The molecule has 2 N–H and O–H groups in total. The molecule has 0 amide bonds. The molecule has 4 heteroatoms. The van der Waals surface area contributed by atoms with Crippen molar-refractivity contribution < 1.29 is 0 Å². The van der Waals surface area contributed by atoms with E-state index >= 15 is 0 Å². The van der Waals surface area contributed by atoms with E-state index in [-0.39, 0.29) is 0 Å². The van der Waals surface area contributed by atoms with Crippen LogP contribution in [0.4, 0.5) is 5.13 Å². The molecule has 0 aromatic carbocycles. The quantitative estimate of drug-likeness (QED) is 0.808. The number of rotatable bonds is 3. The van der Waals surface area contributed by atoms with Crippen molar-refractivity contribution in [3.63, 3.8) is 0 Å². The lowest BCUT2D eigenvalue weighted by atomic mass is 10.0. The molecule has 1 aromatic heterocycles. The van der Waals surface area contributed by atoms with Crippen molar-refractivity contribution in [2.45, 2.75) is 38.5 Å². The molecule has 0 saturated heterocycles. The maximum Gasteiger partial charge on any atom is 0.203 e. The van der Waals surface area contributed by atoms with E-state index in [2.05, 4.69) is 10.2 Å². The highest BCUT2D eigenvalue weighted by atomic mass is 32.1. The molecule has 3 nitrogen and oxygen atoms in total. The second kappa shape index (κ2) is 4.05. The first-order valence-corrected chi connectivity index (χ1v) is 5.74. The third-order valence-corrected chi connectivity index (χ3v) is 3.54. The van der Waals surface area contributed by atoms with Gasteiger partial charge in [-0.2, -0.15) is 0 Å². The smallest absolute Gasteiger partial charge is 0.203 e. The van der Waals surface area contributed by atoms with Crippen LogP contribution in [0.5, 0.6) is 0 Å². The van der Waals surface area contributed by atoms with Crippen molar-refractivity contribution in [3.05, 3.63) is 5.01 Å². The number of nitrogens with zero attached hydrogens (tertiary/aromatic N) is 2. The van der Waals surface area contributed by atoms with E-state index in [1.807, 2.05) is 0 Å². The Kier molecular flexibility index (Phi) is 2.78. The summed E-state index contributed by atoms with van der Waals surface area (Å²) in [5, 5.41) is 9.53. The predicted molar refractivity (Wildman–Crippen MR) is 54.6 cm³/mol. The van der Waals surface area contributed by atoms with Gasteiger partial charge < -0.3 is 5.73 Å². The summed E-state index contributed by atoms with van der Waals surface area (Å²) in [7, 11) is 0. The number of hydrogen-bond acceptors (Lipinski definition) is 4. The van der Waals surface area contributed by atoms with Gasteiger partial charge >= 0.3 is 0 Å². The van der Waals surface area contributed by atoms with E-state index in [4.69, 9.17) is 5.73 Å². The molecule has 0 radical (unpaired) electrons. The van der Waals surface area contributed by atoms with Gasteiger partial charge in [-0.15, -0.1) is 10.2 Å². The highest BCUT2D eigenvalue weighted by molar-refractivity contribution is 7.15. The first kappa shape index (κ1) is 8.94. The third kappa shape index (κ3) is 2.40. The molecule has 1 aromatic rings. The van der Waals surface area contributed by atoms with Crippen LogP contribution in [-0.2, 0) is 6.42 Å². The Bertz CT molecular complexity index is 266. The largest absolute Gasteiger partial charge is 0.374 e. The van der Waals surface area contributed by atoms with E-state index in [9.17, 15) is 0 Å². The second-order valence-corrected chi connectivity index (χ2v) is 4.82. The van der Waals surface area contributed by atoms with Crippen LogP contribution in [0.25, 0.3) is 0 Å². The van der Waals surface area contributed by atoms with E-state index in [0.29, 0.717) is 5.13 Å². The van der Waals surface area contributed by atoms with Gasteiger partial charge in [0.15, 0.2) is 0 Å². The van der Waals surface area contributed by atoms with Crippen molar-refractivity contribution in [3.8, 4) is 0 Å². The lowest BCUT2D eigenvalue weighted by molar-refractivity contribution is 0.502. The summed E-state index contributed by atoms with van der Waals surface area (Å²) in [5.74, 6) is 0.935. The van der Waals surface area contributed by atoms with Crippen molar-refractivity contribution in [2.75, 3.05) is 5.73 Å². The van der Waals surface area contributed by atoms with E-state index < -0.39 is 0 Å². The monoisotopic (exact) mass is 197 g/mol. The molecule has 13 heavy (non-hydrogen) atoms. The number of anilines is 1. The topological polar surface area (TPSA) is 51.8 Å². The molecule has 0 unspecified atom stereocenters. The van der Waals surface area contributed by atoms with Gasteiger partial charge in [-0.05, 0) is 12.3 Å². The first-order chi connectivity index (χ1) is 6.34. The Morgan fingerprint density at radius 1 is 1.31 bits per heavy atom. The van der Waals surface area contributed by atoms with Crippen LogP contribution in [0.1, 0.15) is 37.1 Å². The minimum Gasteiger partial charge on any atom is -0.374 e. The molecule has 1 aliphatic rings. The van der Waals surface area contributed by atoms with Gasteiger partial charge in [-0.25, -0.2) is 0 Å². The molecular weight excluding hydrogens is 182 g/mol. The number of nitrogens with two attached hydrogens (primary N) is 1. The maximum absolute atomic E-state index is 5.51. The Hall–Kier alpha value is -0.640. The van der Waals surface area contributed by atoms with E-state index in [0.717, 1.165) is 17.3 Å². The van der Waals surface area contributed by atoms with Crippen LogP contribution in [0.2, 0.25) is 0 Å². The summed E-state index contributed by atoms with van der Waals surface area (Å²) in [6.45, 7) is 0. The summed E-state index contributed by atoms with van der Waals surface area (Å²) in [5.41, 5.74) is 5.51. The van der Waals surface area contributed by atoms with Crippen molar-refractivity contribution in [1.29, 1.82) is 0 Å². The van der Waals surface area contributed by atoms with E-state index in [1.165, 1.54) is 43.4 Å². The molecule has 0 atom stereocenters. The highest BCUT2D eigenvalue weighted by Gasteiger charge is 2.15. The summed E-state index contributed by atoms with van der Waals surface area (Å²) < 4.78 is 0.